The van der Waals surface area contributed by atoms with Gasteiger partial charge in [0.15, 0.2) is 0 Å². The van der Waals surface area contributed by atoms with E-state index in [0.717, 1.165) is 17.9 Å². The molecule has 0 unspecified atom stereocenters. The summed E-state index contributed by atoms with van der Waals surface area (Å²) in [6.45, 7) is 7.48. The molecule has 0 aliphatic carbocycles. The highest BCUT2D eigenvalue weighted by Gasteiger charge is 2.11. The van der Waals surface area contributed by atoms with Gasteiger partial charge in [0.25, 0.3) is 0 Å². The molecule has 4 heteroatoms. The van der Waals surface area contributed by atoms with E-state index in [2.05, 4.69) is 23.7 Å². The van der Waals surface area contributed by atoms with E-state index in [-0.39, 0.29) is 0 Å². The molecule has 1 aromatic rings. The molecule has 0 aromatic carbocycles. The number of ether oxygens (including phenoxy) is 1. The summed E-state index contributed by atoms with van der Waals surface area (Å²) < 4.78 is 5.10. The van der Waals surface area contributed by atoms with E-state index in [0.29, 0.717) is 12.6 Å². The van der Waals surface area contributed by atoms with Crippen LogP contribution in [0.3, 0.4) is 0 Å². The first kappa shape index (κ1) is 13.9. The summed E-state index contributed by atoms with van der Waals surface area (Å²) in [4.78, 5) is 6.56. The molecule has 1 aromatic heterocycles. The normalized spacial score (nSPS) is 12.8. The molecule has 0 radical (unpaired) electrons. The minimum absolute atomic E-state index is 0.370. The number of anilines is 1. The number of hydrogen-bond donors (Lipinski definition) is 1. The Balaban J connectivity index is 2.80. The quantitative estimate of drug-likeness (QED) is 0.823. The van der Waals surface area contributed by atoms with E-state index >= 15 is 0 Å². The van der Waals surface area contributed by atoms with Crippen molar-refractivity contribution in [1.82, 2.24) is 4.98 Å². The average molecular weight is 238 g/mol. The van der Waals surface area contributed by atoms with Crippen molar-refractivity contribution in [3.8, 4) is 0 Å². The van der Waals surface area contributed by atoms with Crippen LogP contribution in [0.5, 0.6) is 0 Å². The third-order valence-corrected chi connectivity index (χ3v) is 2.71. The summed E-state index contributed by atoms with van der Waals surface area (Å²) in [5, 5.41) is 9.43. The van der Waals surface area contributed by atoms with Gasteiger partial charge in [0.2, 0.25) is 0 Å². The molecule has 0 bridgehead atoms. The lowest BCUT2D eigenvalue weighted by atomic mass is 10.2. The predicted molar refractivity (Wildman–Crippen MR) is 69.2 cm³/mol. The zero-order valence-corrected chi connectivity index (χ0v) is 11.1. The van der Waals surface area contributed by atoms with Gasteiger partial charge in [-0.2, -0.15) is 0 Å². The number of methoxy groups -OCH3 is 1. The predicted octanol–water partition coefficient (Wildman–Crippen LogP) is 2.00. The SMILES string of the molecule is COCCN(c1ccc([C@@H](C)O)cn1)C(C)C. The first-order chi connectivity index (χ1) is 8.06. The fraction of sp³-hybridized carbons (Fsp3) is 0.615. The van der Waals surface area contributed by atoms with Crippen LogP contribution >= 0.6 is 0 Å². The van der Waals surface area contributed by atoms with Crippen molar-refractivity contribution >= 4 is 5.82 Å². The van der Waals surface area contributed by atoms with E-state index in [4.69, 9.17) is 4.74 Å². The van der Waals surface area contributed by atoms with Gasteiger partial charge in [-0.25, -0.2) is 4.98 Å². The Morgan fingerprint density at radius 2 is 2.06 bits per heavy atom. The first-order valence-electron chi connectivity index (χ1n) is 5.96. The molecule has 4 nitrogen and oxygen atoms in total. The van der Waals surface area contributed by atoms with E-state index in [1.165, 1.54) is 0 Å². The van der Waals surface area contributed by atoms with Gasteiger partial charge in [0, 0.05) is 25.9 Å². The van der Waals surface area contributed by atoms with Gasteiger partial charge in [-0.1, -0.05) is 6.07 Å². The number of aromatic nitrogens is 1. The number of rotatable bonds is 6. The minimum Gasteiger partial charge on any atom is -0.389 e. The molecular weight excluding hydrogens is 216 g/mol. The van der Waals surface area contributed by atoms with Crippen LogP contribution in [0.25, 0.3) is 0 Å². The van der Waals surface area contributed by atoms with E-state index in [1.54, 1.807) is 20.2 Å². The van der Waals surface area contributed by atoms with Crippen LogP contribution in [0.1, 0.15) is 32.4 Å². The molecule has 17 heavy (non-hydrogen) atoms. The highest BCUT2D eigenvalue weighted by atomic mass is 16.5. The highest BCUT2D eigenvalue weighted by molar-refractivity contribution is 5.40. The number of pyridine rings is 1. The number of hydrogen-bond acceptors (Lipinski definition) is 4. The average Bonchev–Trinajstić information content (AvgIpc) is 2.29. The van der Waals surface area contributed by atoms with Crippen LogP contribution < -0.4 is 4.90 Å². The topological polar surface area (TPSA) is 45.6 Å². The van der Waals surface area contributed by atoms with Gasteiger partial charge < -0.3 is 14.7 Å². The summed E-state index contributed by atoms with van der Waals surface area (Å²) in [6.07, 6.45) is 1.25. The van der Waals surface area contributed by atoms with Crippen LogP contribution in [-0.4, -0.2) is 36.4 Å². The number of aliphatic hydroxyl groups is 1. The van der Waals surface area contributed by atoms with Crippen LogP contribution in [0.2, 0.25) is 0 Å². The molecule has 0 saturated heterocycles. The standard InChI is InChI=1S/C13H22N2O2/c1-10(2)15(7-8-17-4)13-6-5-12(9-14-13)11(3)16/h5-6,9-11,16H,7-8H2,1-4H3/t11-/m1/s1. The van der Waals surface area contributed by atoms with E-state index in [9.17, 15) is 5.11 Å². The molecule has 0 aliphatic heterocycles. The summed E-state index contributed by atoms with van der Waals surface area (Å²) in [7, 11) is 1.70. The van der Waals surface area contributed by atoms with Crippen molar-refractivity contribution in [2.45, 2.75) is 32.9 Å². The van der Waals surface area contributed by atoms with Gasteiger partial charge in [-0.05, 0) is 32.4 Å². The summed E-state index contributed by atoms with van der Waals surface area (Å²) in [6, 6.07) is 4.22. The van der Waals surface area contributed by atoms with Crippen LogP contribution in [0.4, 0.5) is 5.82 Å². The smallest absolute Gasteiger partial charge is 0.128 e. The molecule has 0 saturated carbocycles. The minimum atomic E-state index is -0.469. The molecule has 0 aliphatic rings. The molecule has 0 amide bonds. The number of aliphatic hydroxyl groups excluding tert-OH is 1. The first-order valence-corrected chi connectivity index (χ1v) is 5.96. The molecule has 96 valence electrons. The second kappa shape index (κ2) is 6.57. The van der Waals surface area contributed by atoms with Gasteiger partial charge in [-0.15, -0.1) is 0 Å². The lowest BCUT2D eigenvalue weighted by Gasteiger charge is -2.27. The third kappa shape index (κ3) is 3.98. The monoisotopic (exact) mass is 238 g/mol. The van der Waals surface area contributed by atoms with Crippen molar-refractivity contribution in [2.75, 3.05) is 25.2 Å². The largest absolute Gasteiger partial charge is 0.389 e. The Labute approximate surface area is 103 Å². The van der Waals surface area contributed by atoms with Crippen LogP contribution in [0, 0.1) is 0 Å². The Kier molecular flexibility index (Phi) is 5.38. The lowest BCUT2D eigenvalue weighted by molar-refractivity contribution is 0.198. The highest BCUT2D eigenvalue weighted by Crippen LogP contribution is 2.17. The lowest BCUT2D eigenvalue weighted by Crippen LogP contribution is -2.34. The zero-order chi connectivity index (χ0) is 12.8. The second-order valence-electron chi connectivity index (χ2n) is 4.41. The molecule has 1 rings (SSSR count). The van der Waals surface area contributed by atoms with E-state index in [1.807, 2.05) is 12.1 Å². The molecule has 0 fully saturated rings. The summed E-state index contributed by atoms with van der Waals surface area (Å²) in [5.74, 6) is 0.918. The third-order valence-electron chi connectivity index (χ3n) is 2.71. The molecule has 0 spiro atoms. The molecule has 1 atom stereocenters. The number of nitrogens with zero attached hydrogens (tertiary/aromatic N) is 2. The van der Waals surface area contributed by atoms with Gasteiger partial charge >= 0.3 is 0 Å². The maximum absolute atomic E-state index is 9.43. The molecule has 1 N–H and O–H groups in total. The zero-order valence-electron chi connectivity index (χ0n) is 11.1. The molecular formula is C13H22N2O2. The van der Waals surface area contributed by atoms with Crippen molar-refractivity contribution in [1.29, 1.82) is 0 Å². The summed E-state index contributed by atoms with van der Waals surface area (Å²) in [5.41, 5.74) is 0.837. The van der Waals surface area contributed by atoms with Crippen LogP contribution in [-0.2, 0) is 4.74 Å². The maximum atomic E-state index is 9.43. The van der Waals surface area contributed by atoms with Gasteiger partial charge in [0.1, 0.15) is 5.82 Å². The molecule has 1 heterocycles. The maximum Gasteiger partial charge on any atom is 0.128 e. The Morgan fingerprint density at radius 3 is 2.47 bits per heavy atom. The fourth-order valence-electron chi connectivity index (χ4n) is 1.64. The van der Waals surface area contributed by atoms with Crippen molar-refractivity contribution in [3.05, 3.63) is 23.9 Å². The van der Waals surface area contributed by atoms with Crippen molar-refractivity contribution in [3.63, 3.8) is 0 Å². The van der Waals surface area contributed by atoms with E-state index < -0.39 is 6.10 Å². The Hall–Kier alpha value is -1.13. The van der Waals surface area contributed by atoms with Crippen LogP contribution in [0.15, 0.2) is 18.3 Å². The van der Waals surface area contributed by atoms with Gasteiger partial charge in [-0.3, -0.25) is 0 Å². The fourth-order valence-corrected chi connectivity index (χ4v) is 1.64. The van der Waals surface area contributed by atoms with Gasteiger partial charge in [0.05, 0.1) is 12.7 Å². The summed E-state index contributed by atoms with van der Waals surface area (Å²) >= 11 is 0. The second-order valence-corrected chi connectivity index (χ2v) is 4.41. The Morgan fingerprint density at radius 1 is 1.35 bits per heavy atom. The van der Waals surface area contributed by atoms with Crippen molar-refractivity contribution in [2.24, 2.45) is 0 Å². The Bertz CT molecular complexity index is 323. The van der Waals surface area contributed by atoms with Crippen molar-refractivity contribution < 1.29 is 9.84 Å².